The van der Waals surface area contributed by atoms with Gasteiger partial charge in [0, 0.05) is 22.4 Å². The van der Waals surface area contributed by atoms with Crippen LogP contribution in [0.3, 0.4) is 0 Å². The maximum Gasteiger partial charge on any atom is 0.416 e. The van der Waals surface area contributed by atoms with Gasteiger partial charge in [-0.3, -0.25) is 4.72 Å². The van der Waals surface area contributed by atoms with Crippen molar-refractivity contribution >= 4 is 35.3 Å². The second-order valence-corrected chi connectivity index (χ2v) is 8.72. The molecule has 1 unspecified atom stereocenters. The molecule has 3 aromatic rings. The number of halogens is 4. The van der Waals surface area contributed by atoms with Crippen molar-refractivity contribution in [2.45, 2.75) is 23.4 Å². The molecule has 1 atom stereocenters. The van der Waals surface area contributed by atoms with Gasteiger partial charge in [0.15, 0.2) is 0 Å². The summed E-state index contributed by atoms with van der Waals surface area (Å²) in [5.41, 5.74) is 1.89. The van der Waals surface area contributed by atoms with Crippen LogP contribution < -0.4 is 4.72 Å². The smallest absolute Gasteiger partial charge is 0.276 e. The number of carbonyl (C=O) groups is 1. The topological polar surface area (TPSA) is 44.7 Å². The summed E-state index contributed by atoms with van der Waals surface area (Å²) in [6.45, 7) is 0.367. The van der Waals surface area contributed by atoms with Crippen LogP contribution in [0.15, 0.2) is 88.9 Å². The summed E-state index contributed by atoms with van der Waals surface area (Å²) in [6.07, 6.45) is -3.80. The number of urea groups is 1. The van der Waals surface area contributed by atoms with Crippen molar-refractivity contribution in [2.24, 2.45) is 5.10 Å². The van der Waals surface area contributed by atoms with E-state index in [1.807, 2.05) is 42.5 Å². The molecule has 9 heteroatoms. The van der Waals surface area contributed by atoms with Crippen molar-refractivity contribution in [3.05, 3.63) is 101 Å². The molecule has 4 rings (SSSR count). The summed E-state index contributed by atoms with van der Waals surface area (Å²) in [5.74, 6) is -0.00690. The van der Waals surface area contributed by atoms with Crippen molar-refractivity contribution in [3.63, 3.8) is 0 Å². The summed E-state index contributed by atoms with van der Waals surface area (Å²) in [4.78, 5) is 13.0. The van der Waals surface area contributed by atoms with Gasteiger partial charge in [-0.2, -0.15) is 18.3 Å². The number of nitrogens with one attached hydrogen (secondary N) is 1. The van der Waals surface area contributed by atoms with Gasteiger partial charge in [0.05, 0.1) is 11.3 Å². The first-order chi connectivity index (χ1) is 15.8. The number of hydrazone groups is 1. The predicted octanol–water partition coefficient (Wildman–Crippen LogP) is 6.97. The SMILES string of the molecule is O=C(NSc1cccc(C(F)(F)F)c1)N1CCC(c2ccccc2)C(c2ccc(Cl)cc2)=N1. The third-order valence-electron chi connectivity index (χ3n) is 5.18. The zero-order valence-corrected chi connectivity index (χ0v) is 18.8. The molecule has 0 saturated carbocycles. The normalized spacial score (nSPS) is 16.3. The molecule has 4 nitrogen and oxygen atoms in total. The predicted molar refractivity (Wildman–Crippen MR) is 124 cm³/mol. The molecule has 1 aliphatic heterocycles. The van der Waals surface area contributed by atoms with E-state index in [2.05, 4.69) is 9.82 Å². The van der Waals surface area contributed by atoms with Gasteiger partial charge in [-0.15, -0.1) is 0 Å². The number of amides is 2. The molecule has 0 fully saturated rings. The Morgan fingerprint density at radius 2 is 1.76 bits per heavy atom. The van der Waals surface area contributed by atoms with Gasteiger partial charge in [-0.1, -0.05) is 60.1 Å². The molecule has 0 radical (unpaired) electrons. The standard InChI is InChI=1S/C24H19ClF3N3OS/c25-19-11-9-17(10-12-19)22-21(16-5-2-1-3-6-16)13-14-31(29-22)23(32)30-33-20-8-4-7-18(15-20)24(26,27)28/h1-12,15,21H,13-14H2,(H,30,32). The Labute approximate surface area is 198 Å². The summed E-state index contributed by atoms with van der Waals surface area (Å²) in [7, 11) is 0. The molecule has 1 heterocycles. The lowest BCUT2D eigenvalue weighted by Gasteiger charge is -2.30. The highest BCUT2D eigenvalue weighted by Gasteiger charge is 2.31. The van der Waals surface area contributed by atoms with Gasteiger partial charge >= 0.3 is 12.2 Å². The third-order valence-corrected chi connectivity index (χ3v) is 6.20. The van der Waals surface area contributed by atoms with Gasteiger partial charge in [-0.25, -0.2) is 9.80 Å². The van der Waals surface area contributed by atoms with Crippen LogP contribution in [-0.4, -0.2) is 23.3 Å². The maximum atomic E-state index is 12.9. The highest BCUT2D eigenvalue weighted by atomic mass is 35.5. The van der Waals surface area contributed by atoms with E-state index < -0.39 is 17.8 Å². The van der Waals surface area contributed by atoms with E-state index in [-0.39, 0.29) is 10.8 Å². The number of carbonyl (C=O) groups excluding carboxylic acids is 1. The highest BCUT2D eigenvalue weighted by Crippen LogP contribution is 2.32. The van der Waals surface area contributed by atoms with Crippen molar-refractivity contribution in [1.82, 2.24) is 9.73 Å². The number of hydrogen-bond donors (Lipinski definition) is 1. The van der Waals surface area contributed by atoms with Gasteiger partial charge in [0.2, 0.25) is 0 Å². The zero-order valence-electron chi connectivity index (χ0n) is 17.2. The largest absolute Gasteiger partial charge is 0.416 e. The van der Waals surface area contributed by atoms with Gasteiger partial charge in [0.1, 0.15) is 0 Å². The van der Waals surface area contributed by atoms with Crippen molar-refractivity contribution in [3.8, 4) is 0 Å². The fraction of sp³-hybridized carbons (Fsp3) is 0.167. The molecule has 170 valence electrons. The lowest BCUT2D eigenvalue weighted by atomic mass is 9.86. The quantitative estimate of drug-likeness (QED) is 0.402. The summed E-state index contributed by atoms with van der Waals surface area (Å²) in [6, 6.07) is 21.4. The van der Waals surface area contributed by atoms with E-state index in [4.69, 9.17) is 11.6 Å². The molecule has 1 aliphatic rings. The van der Waals surface area contributed by atoms with E-state index in [1.54, 1.807) is 12.1 Å². The van der Waals surface area contributed by atoms with Gasteiger partial charge in [-0.05, 0) is 59.8 Å². The van der Waals surface area contributed by atoms with Crippen LogP contribution in [0.5, 0.6) is 0 Å². The Hall–Kier alpha value is -2.97. The van der Waals surface area contributed by atoms with Crippen molar-refractivity contribution in [1.29, 1.82) is 0 Å². The molecule has 0 bridgehead atoms. The van der Waals surface area contributed by atoms with Crippen LogP contribution in [0.25, 0.3) is 0 Å². The van der Waals surface area contributed by atoms with Crippen LogP contribution in [0.4, 0.5) is 18.0 Å². The van der Waals surface area contributed by atoms with Crippen LogP contribution in [0.2, 0.25) is 5.02 Å². The van der Waals surface area contributed by atoms with Gasteiger partial charge < -0.3 is 0 Å². The minimum atomic E-state index is -4.45. The first-order valence-electron chi connectivity index (χ1n) is 10.1. The van der Waals surface area contributed by atoms with E-state index in [9.17, 15) is 18.0 Å². The molecule has 0 aromatic heterocycles. The minimum absolute atomic E-state index is 0.00690. The monoisotopic (exact) mass is 489 g/mol. The van der Waals surface area contributed by atoms with Gasteiger partial charge in [0.25, 0.3) is 0 Å². The number of nitrogens with zero attached hydrogens (tertiary/aromatic N) is 2. The summed E-state index contributed by atoms with van der Waals surface area (Å²) < 4.78 is 41.4. The third kappa shape index (κ3) is 5.69. The van der Waals surface area contributed by atoms with E-state index in [0.29, 0.717) is 18.0 Å². The van der Waals surface area contributed by atoms with Crippen molar-refractivity contribution in [2.75, 3.05) is 6.54 Å². The van der Waals surface area contributed by atoms with Crippen LogP contribution >= 0.6 is 23.5 Å². The fourth-order valence-electron chi connectivity index (χ4n) is 3.57. The van der Waals surface area contributed by atoms with Crippen molar-refractivity contribution < 1.29 is 18.0 Å². The Balaban J connectivity index is 1.54. The molecule has 0 aliphatic carbocycles. The van der Waals surface area contributed by atoms with E-state index >= 15 is 0 Å². The average Bonchev–Trinajstić information content (AvgIpc) is 2.83. The number of rotatable bonds is 4. The lowest BCUT2D eigenvalue weighted by molar-refractivity contribution is -0.137. The average molecular weight is 490 g/mol. The number of benzene rings is 3. The minimum Gasteiger partial charge on any atom is -0.276 e. The summed E-state index contributed by atoms with van der Waals surface area (Å²) in [5, 5.41) is 6.52. The molecule has 1 N–H and O–H groups in total. The van der Waals surface area contributed by atoms with E-state index in [0.717, 1.165) is 40.9 Å². The highest BCUT2D eigenvalue weighted by molar-refractivity contribution is 7.98. The second-order valence-electron chi connectivity index (χ2n) is 7.40. The Morgan fingerprint density at radius 3 is 2.45 bits per heavy atom. The van der Waals surface area contributed by atoms with Crippen LogP contribution in [-0.2, 0) is 6.18 Å². The summed E-state index contributed by atoms with van der Waals surface area (Å²) >= 11 is 6.85. The Bertz CT molecular complexity index is 1150. The zero-order chi connectivity index (χ0) is 23.4. The Kier molecular flexibility index (Phi) is 6.95. The van der Waals surface area contributed by atoms with Crippen LogP contribution in [0.1, 0.15) is 29.0 Å². The molecule has 0 saturated heterocycles. The molecular formula is C24H19ClF3N3OS. The molecule has 33 heavy (non-hydrogen) atoms. The molecule has 0 spiro atoms. The molecular weight excluding hydrogens is 471 g/mol. The second kappa shape index (κ2) is 9.89. The first-order valence-corrected chi connectivity index (χ1v) is 11.3. The first kappa shape index (κ1) is 23.2. The number of alkyl halides is 3. The Morgan fingerprint density at radius 1 is 1.03 bits per heavy atom. The molecule has 2 amide bonds. The van der Waals surface area contributed by atoms with Crippen LogP contribution in [0, 0.1) is 0 Å². The fourth-order valence-corrected chi connectivity index (χ4v) is 4.33. The maximum absolute atomic E-state index is 12.9. The van der Waals surface area contributed by atoms with E-state index in [1.165, 1.54) is 17.1 Å². The number of hydrogen-bond acceptors (Lipinski definition) is 3. The molecule has 3 aromatic carbocycles. The lowest BCUT2D eigenvalue weighted by Crippen LogP contribution is -2.39.